The van der Waals surface area contributed by atoms with Gasteiger partial charge in [0.1, 0.15) is 0 Å². The van der Waals surface area contributed by atoms with Crippen LogP contribution in [0.5, 0.6) is 0 Å². The Bertz CT molecular complexity index is 613. The van der Waals surface area contributed by atoms with Crippen LogP contribution in [0.25, 0.3) is 11.0 Å². The molecule has 0 aliphatic carbocycles. The Labute approximate surface area is 128 Å². The maximum absolute atomic E-state index is 5.44. The number of hydrogen-bond donors (Lipinski definition) is 1. The van der Waals surface area contributed by atoms with Crippen molar-refractivity contribution in [1.82, 2.24) is 9.55 Å². The largest absolute Gasteiger partial charge is 0.331 e. The molecule has 2 nitrogen and oxygen atoms in total. The van der Waals surface area contributed by atoms with Gasteiger partial charge in [-0.3, -0.25) is 0 Å². The van der Waals surface area contributed by atoms with Gasteiger partial charge >= 0.3 is 0 Å². The standard InChI is InChI=1S/C12H13BrN2S3/c13-8-1-2-10-11(5-8)15(12(16)14-10)6-9-7-17-3-4-18-9/h1-2,5,9H,3-4,6-7H2,(H,14,16). The highest BCUT2D eigenvalue weighted by atomic mass is 79.9. The molecule has 1 saturated heterocycles. The second-order valence-corrected chi connectivity index (χ2v) is 8.13. The van der Waals surface area contributed by atoms with E-state index in [9.17, 15) is 0 Å². The van der Waals surface area contributed by atoms with E-state index >= 15 is 0 Å². The van der Waals surface area contributed by atoms with Gasteiger partial charge in [-0.2, -0.15) is 23.5 Å². The van der Waals surface area contributed by atoms with Gasteiger partial charge < -0.3 is 9.55 Å². The molecule has 1 atom stereocenters. The summed E-state index contributed by atoms with van der Waals surface area (Å²) in [6, 6.07) is 6.26. The number of halogens is 1. The summed E-state index contributed by atoms with van der Waals surface area (Å²) in [5, 5.41) is 0.674. The zero-order valence-corrected chi connectivity index (χ0v) is 13.7. The third kappa shape index (κ3) is 2.66. The minimum Gasteiger partial charge on any atom is -0.331 e. The summed E-state index contributed by atoms with van der Waals surface area (Å²) >= 11 is 13.1. The summed E-state index contributed by atoms with van der Waals surface area (Å²) in [7, 11) is 0. The van der Waals surface area contributed by atoms with Gasteiger partial charge in [-0.25, -0.2) is 0 Å². The molecule has 0 bridgehead atoms. The number of rotatable bonds is 2. The molecule has 2 heterocycles. The minimum atomic E-state index is 0.674. The summed E-state index contributed by atoms with van der Waals surface area (Å²) in [6.45, 7) is 1.01. The van der Waals surface area contributed by atoms with Gasteiger partial charge in [-0.15, -0.1) is 0 Å². The number of hydrogen-bond acceptors (Lipinski definition) is 3. The first-order valence-electron chi connectivity index (χ1n) is 5.81. The van der Waals surface area contributed by atoms with Crippen molar-refractivity contribution < 1.29 is 0 Å². The quantitative estimate of drug-likeness (QED) is 0.806. The fraction of sp³-hybridized carbons (Fsp3) is 0.417. The molecule has 1 aliphatic heterocycles. The van der Waals surface area contributed by atoms with E-state index in [1.54, 1.807) is 0 Å². The maximum Gasteiger partial charge on any atom is 0.178 e. The molecule has 1 aromatic heterocycles. The van der Waals surface area contributed by atoms with Gasteiger partial charge in [-0.05, 0) is 30.4 Å². The molecular weight excluding hydrogens is 348 g/mol. The number of aromatic nitrogens is 2. The van der Waals surface area contributed by atoms with Crippen molar-refractivity contribution in [3.8, 4) is 0 Å². The van der Waals surface area contributed by atoms with Crippen LogP contribution in [0.3, 0.4) is 0 Å². The first-order valence-corrected chi connectivity index (χ1v) is 9.22. The average Bonchev–Trinajstić information content (AvgIpc) is 2.67. The predicted molar refractivity (Wildman–Crippen MR) is 88.4 cm³/mol. The summed E-state index contributed by atoms with van der Waals surface area (Å²) in [5.41, 5.74) is 2.32. The molecule has 2 aromatic rings. The van der Waals surface area contributed by atoms with Crippen molar-refractivity contribution in [3.05, 3.63) is 27.4 Å². The van der Waals surface area contributed by atoms with E-state index in [0.29, 0.717) is 5.25 Å². The second kappa shape index (κ2) is 5.61. The molecule has 96 valence electrons. The Hall–Kier alpha value is 0.0900. The Morgan fingerprint density at radius 2 is 2.33 bits per heavy atom. The average molecular weight is 361 g/mol. The van der Waals surface area contributed by atoms with Crippen LogP contribution in [-0.2, 0) is 6.54 Å². The molecule has 0 amide bonds. The molecule has 1 fully saturated rings. The molecule has 0 spiro atoms. The van der Waals surface area contributed by atoms with E-state index in [2.05, 4.69) is 61.1 Å². The first kappa shape index (κ1) is 13.1. The number of nitrogens with one attached hydrogen (secondary N) is 1. The van der Waals surface area contributed by atoms with Gasteiger partial charge in [0, 0.05) is 33.5 Å². The Morgan fingerprint density at radius 1 is 1.44 bits per heavy atom. The van der Waals surface area contributed by atoms with Crippen LogP contribution in [-0.4, -0.2) is 32.1 Å². The number of aromatic amines is 1. The van der Waals surface area contributed by atoms with E-state index in [-0.39, 0.29) is 0 Å². The van der Waals surface area contributed by atoms with Gasteiger partial charge in [0.05, 0.1) is 11.0 Å². The summed E-state index contributed by atoms with van der Waals surface area (Å²) < 4.78 is 4.17. The molecule has 3 rings (SSSR count). The molecular formula is C12H13BrN2S3. The highest BCUT2D eigenvalue weighted by molar-refractivity contribution is 9.10. The Morgan fingerprint density at radius 3 is 3.11 bits per heavy atom. The smallest absolute Gasteiger partial charge is 0.178 e. The van der Waals surface area contributed by atoms with Crippen LogP contribution in [0.1, 0.15) is 0 Å². The van der Waals surface area contributed by atoms with Crippen LogP contribution >= 0.6 is 51.7 Å². The minimum absolute atomic E-state index is 0.674. The summed E-state index contributed by atoms with van der Waals surface area (Å²) in [6.07, 6.45) is 0. The lowest BCUT2D eigenvalue weighted by Crippen LogP contribution is -2.20. The molecule has 1 aliphatic rings. The van der Waals surface area contributed by atoms with E-state index in [4.69, 9.17) is 12.2 Å². The van der Waals surface area contributed by atoms with Crippen molar-refractivity contribution in [3.63, 3.8) is 0 Å². The van der Waals surface area contributed by atoms with Crippen molar-refractivity contribution >= 4 is 62.7 Å². The van der Waals surface area contributed by atoms with E-state index in [1.807, 2.05) is 6.07 Å². The van der Waals surface area contributed by atoms with Crippen LogP contribution in [0.4, 0.5) is 0 Å². The topological polar surface area (TPSA) is 20.7 Å². The Balaban J connectivity index is 1.97. The third-order valence-corrected chi connectivity index (χ3v) is 6.65. The molecule has 0 radical (unpaired) electrons. The lowest BCUT2D eigenvalue weighted by molar-refractivity contribution is 0.705. The maximum atomic E-state index is 5.44. The van der Waals surface area contributed by atoms with Crippen molar-refractivity contribution in [1.29, 1.82) is 0 Å². The number of benzene rings is 1. The third-order valence-electron chi connectivity index (χ3n) is 3.01. The molecule has 18 heavy (non-hydrogen) atoms. The number of H-pyrrole nitrogens is 1. The lowest BCUT2D eigenvalue weighted by atomic mass is 10.3. The highest BCUT2D eigenvalue weighted by Crippen LogP contribution is 2.27. The molecule has 0 saturated carbocycles. The van der Waals surface area contributed by atoms with Crippen LogP contribution in [0.15, 0.2) is 22.7 Å². The summed E-state index contributed by atoms with van der Waals surface area (Å²) in [4.78, 5) is 3.28. The van der Waals surface area contributed by atoms with Gasteiger partial charge in [0.25, 0.3) is 0 Å². The molecule has 1 aromatic carbocycles. The van der Waals surface area contributed by atoms with E-state index in [0.717, 1.165) is 21.3 Å². The number of nitrogens with zero attached hydrogens (tertiary/aromatic N) is 1. The first-order chi connectivity index (χ1) is 8.74. The highest BCUT2D eigenvalue weighted by Gasteiger charge is 2.16. The van der Waals surface area contributed by atoms with Gasteiger partial charge in [0.15, 0.2) is 4.77 Å². The van der Waals surface area contributed by atoms with Crippen molar-refractivity contribution in [2.75, 3.05) is 17.3 Å². The zero-order chi connectivity index (χ0) is 12.5. The summed E-state index contributed by atoms with van der Waals surface area (Å²) in [5.74, 6) is 3.77. The molecule has 1 unspecified atom stereocenters. The van der Waals surface area contributed by atoms with Gasteiger partial charge in [-0.1, -0.05) is 15.9 Å². The number of thioether (sulfide) groups is 2. The van der Waals surface area contributed by atoms with Crippen LogP contribution in [0.2, 0.25) is 0 Å². The lowest BCUT2D eigenvalue weighted by Gasteiger charge is -2.21. The van der Waals surface area contributed by atoms with Crippen LogP contribution < -0.4 is 0 Å². The molecule has 6 heteroatoms. The van der Waals surface area contributed by atoms with Crippen molar-refractivity contribution in [2.24, 2.45) is 0 Å². The predicted octanol–water partition coefficient (Wildman–Crippen LogP) is 4.31. The van der Waals surface area contributed by atoms with E-state index < -0.39 is 0 Å². The number of imidazole rings is 1. The van der Waals surface area contributed by atoms with Gasteiger partial charge in [0.2, 0.25) is 0 Å². The Kier molecular flexibility index (Phi) is 4.08. The zero-order valence-electron chi connectivity index (χ0n) is 9.69. The fourth-order valence-corrected chi connectivity index (χ4v) is 5.44. The van der Waals surface area contributed by atoms with Crippen LogP contribution in [0, 0.1) is 4.77 Å². The fourth-order valence-electron chi connectivity index (χ4n) is 2.15. The van der Waals surface area contributed by atoms with E-state index in [1.165, 1.54) is 22.8 Å². The second-order valence-electron chi connectivity index (χ2n) is 4.27. The number of fused-ring (bicyclic) bond motifs is 1. The SMILES string of the molecule is S=c1[nH]c2ccc(Br)cc2n1CC1CSCCS1. The normalized spacial score (nSPS) is 20.4. The van der Waals surface area contributed by atoms with Crippen molar-refractivity contribution in [2.45, 2.75) is 11.8 Å². The molecule has 1 N–H and O–H groups in total. The monoisotopic (exact) mass is 360 g/mol.